The first-order chi connectivity index (χ1) is 7.97. The number of anilines is 1. The molecule has 0 aliphatic rings. The molecule has 1 N–H and O–H groups in total. The van der Waals surface area contributed by atoms with Gasteiger partial charge in [-0.15, -0.1) is 0 Å². The van der Waals surface area contributed by atoms with Crippen LogP contribution in [-0.2, 0) is 10.0 Å². The van der Waals surface area contributed by atoms with E-state index in [0.29, 0.717) is 0 Å². The number of nitrogens with zero attached hydrogens (tertiary/aromatic N) is 3. The Balaban J connectivity index is 2.29. The van der Waals surface area contributed by atoms with Crippen LogP contribution < -0.4 is 4.72 Å². The zero-order chi connectivity index (χ0) is 12.5. The van der Waals surface area contributed by atoms with Gasteiger partial charge in [-0.3, -0.25) is 4.72 Å². The van der Waals surface area contributed by atoms with Crippen LogP contribution >= 0.6 is 34.5 Å². The summed E-state index contributed by atoms with van der Waals surface area (Å²) in [5.74, 6) is 0.0783. The van der Waals surface area contributed by atoms with E-state index in [0.717, 1.165) is 17.5 Å². The largest absolute Gasteiger partial charge is 0.274 e. The topological polar surface area (TPSA) is 84.8 Å². The molecule has 0 aliphatic heterocycles. The Morgan fingerprint density at radius 3 is 2.65 bits per heavy atom. The molecule has 0 saturated heterocycles. The SMILES string of the molecule is O=S(=O)(Nc1ccnc(Cl)n1)c1cnc(Cl)s1. The van der Waals surface area contributed by atoms with Gasteiger partial charge in [0.25, 0.3) is 10.0 Å². The highest BCUT2D eigenvalue weighted by molar-refractivity contribution is 7.94. The molecular formula is C7H4Cl2N4O2S2. The van der Waals surface area contributed by atoms with Gasteiger partial charge in [0.05, 0.1) is 6.20 Å². The number of rotatable bonds is 3. The van der Waals surface area contributed by atoms with Gasteiger partial charge >= 0.3 is 0 Å². The Kier molecular flexibility index (Phi) is 3.48. The second-order valence-corrected chi connectivity index (χ2v) is 6.61. The molecule has 2 heterocycles. The zero-order valence-corrected chi connectivity index (χ0v) is 11.1. The van der Waals surface area contributed by atoms with Crippen molar-refractivity contribution >= 4 is 50.4 Å². The molecule has 10 heteroatoms. The number of sulfonamides is 1. The summed E-state index contributed by atoms with van der Waals surface area (Å²) in [6.07, 6.45) is 2.50. The van der Waals surface area contributed by atoms with Crippen LogP contribution in [0.1, 0.15) is 0 Å². The van der Waals surface area contributed by atoms with Crippen LogP contribution in [0.25, 0.3) is 0 Å². The molecule has 6 nitrogen and oxygen atoms in total. The van der Waals surface area contributed by atoms with Gasteiger partial charge in [0.2, 0.25) is 5.28 Å². The van der Waals surface area contributed by atoms with Crippen LogP contribution in [0.4, 0.5) is 5.82 Å². The predicted octanol–water partition coefficient (Wildman–Crippen LogP) is 2.04. The monoisotopic (exact) mass is 310 g/mol. The van der Waals surface area contributed by atoms with Gasteiger partial charge in [-0.1, -0.05) is 22.9 Å². The smallest absolute Gasteiger partial charge is 0.262 e. The summed E-state index contributed by atoms with van der Waals surface area (Å²) in [6.45, 7) is 0. The Morgan fingerprint density at radius 1 is 1.29 bits per heavy atom. The van der Waals surface area contributed by atoms with Crippen molar-refractivity contribution in [2.75, 3.05) is 4.72 Å². The quantitative estimate of drug-likeness (QED) is 0.877. The Hall–Kier alpha value is -0.960. The maximum atomic E-state index is 11.8. The predicted molar refractivity (Wildman–Crippen MR) is 65.0 cm³/mol. The van der Waals surface area contributed by atoms with E-state index in [-0.39, 0.29) is 19.8 Å². The number of nitrogens with one attached hydrogen (secondary N) is 1. The Bertz CT molecular complexity index is 643. The van der Waals surface area contributed by atoms with Crippen LogP contribution in [0, 0.1) is 0 Å². The summed E-state index contributed by atoms with van der Waals surface area (Å²) in [4.78, 5) is 11.0. The van der Waals surface area contributed by atoms with Gasteiger partial charge in [-0.2, -0.15) is 4.98 Å². The van der Waals surface area contributed by atoms with Crippen molar-refractivity contribution < 1.29 is 8.42 Å². The highest BCUT2D eigenvalue weighted by Crippen LogP contribution is 2.24. The fourth-order valence-electron chi connectivity index (χ4n) is 0.943. The van der Waals surface area contributed by atoms with E-state index in [4.69, 9.17) is 23.2 Å². The van der Waals surface area contributed by atoms with Crippen LogP contribution in [-0.4, -0.2) is 23.4 Å². The lowest BCUT2D eigenvalue weighted by atomic mass is 10.6. The first kappa shape index (κ1) is 12.5. The fourth-order valence-corrected chi connectivity index (χ4v) is 3.38. The maximum Gasteiger partial charge on any atom is 0.274 e. The third kappa shape index (κ3) is 3.03. The molecule has 0 bridgehead atoms. The molecule has 0 saturated carbocycles. The molecule has 0 aromatic carbocycles. The normalized spacial score (nSPS) is 11.4. The van der Waals surface area contributed by atoms with Crippen molar-refractivity contribution in [3.63, 3.8) is 0 Å². The average Bonchev–Trinajstić information content (AvgIpc) is 2.65. The van der Waals surface area contributed by atoms with Gasteiger partial charge in [0.15, 0.2) is 8.68 Å². The number of halogens is 2. The lowest BCUT2D eigenvalue weighted by Crippen LogP contribution is -2.12. The standard InChI is InChI=1S/C7H4Cl2N4O2S2/c8-6-10-2-1-4(12-6)13-17(14,15)5-3-11-7(9)16-5/h1-3H,(H,10,12,13). The second kappa shape index (κ2) is 4.73. The summed E-state index contributed by atoms with van der Waals surface area (Å²) < 4.78 is 26.0. The highest BCUT2D eigenvalue weighted by atomic mass is 35.5. The van der Waals surface area contributed by atoms with Crippen molar-refractivity contribution in [1.29, 1.82) is 0 Å². The average molecular weight is 311 g/mol. The Morgan fingerprint density at radius 2 is 2.06 bits per heavy atom. The Labute approximate surface area is 111 Å². The summed E-state index contributed by atoms with van der Waals surface area (Å²) in [5.41, 5.74) is 0. The molecule has 0 atom stereocenters. The molecule has 0 aliphatic carbocycles. The minimum absolute atomic E-state index is 0.00256. The molecule has 0 unspecified atom stereocenters. The van der Waals surface area contributed by atoms with Gasteiger partial charge in [0.1, 0.15) is 5.82 Å². The molecule has 0 spiro atoms. The van der Waals surface area contributed by atoms with Crippen molar-refractivity contribution in [1.82, 2.24) is 15.0 Å². The maximum absolute atomic E-state index is 11.8. The van der Waals surface area contributed by atoms with Gasteiger partial charge in [0, 0.05) is 6.20 Å². The molecule has 0 amide bonds. The minimum atomic E-state index is -3.74. The van der Waals surface area contributed by atoms with Crippen molar-refractivity contribution in [3.8, 4) is 0 Å². The van der Waals surface area contributed by atoms with Crippen LogP contribution in [0.2, 0.25) is 9.75 Å². The zero-order valence-electron chi connectivity index (χ0n) is 7.96. The number of hydrogen-bond donors (Lipinski definition) is 1. The molecule has 0 radical (unpaired) electrons. The second-order valence-electron chi connectivity index (χ2n) is 2.75. The first-order valence-corrected chi connectivity index (χ1v) is 7.15. The van der Waals surface area contributed by atoms with Crippen LogP contribution in [0.15, 0.2) is 22.7 Å². The molecule has 2 aromatic rings. The van der Waals surface area contributed by atoms with Gasteiger partial charge in [-0.05, 0) is 17.7 Å². The van der Waals surface area contributed by atoms with Crippen molar-refractivity contribution in [2.45, 2.75) is 4.21 Å². The number of aromatic nitrogens is 3. The summed E-state index contributed by atoms with van der Waals surface area (Å²) >= 11 is 11.9. The minimum Gasteiger partial charge on any atom is -0.262 e. The summed E-state index contributed by atoms with van der Waals surface area (Å²) in [6, 6.07) is 1.38. The first-order valence-electron chi connectivity index (χ1n) is 4.10. The third-order valence-corrected chi connectivity index (χ3v) is 4.70. The van der Waals surface area contributed by atoms with E-state index in [9.17, 15) is 8.42 Å². The van der Waals surface area contributed by atoms with E-state index >= 15 is 0 Å². The number of hydrogen-bond acceptors (Lipinski definition) is 6. The van der Waals surface area contributed by atoms with Crippen LogP contribution in [0.3, 0.4) is 0 Å². The van der Waals surface area contributed by atoms with Crippen molar-refractivity contribution in [2.24, 2.45) is 0 Å². The number of thiazole rings is 1. The van der Waals surface area contributed by atoms with E-state index in [1.807, 2.05) is 0 Å². The highest BCUT2D eigenvalue weighted by Gasteiger charge is 2.18. The van der Waals surface area contributed by atoms with Gasteiger partial charge in [-0.25, -0.2) is 18.4 Å². The molecule has 90 valence electrons. The lowest BCUT2D eigenvalue weighted by molar-refractivity contribution is 0.603. The van der Waals surface area contributed by atoms with Crippen LogP contribution in [0.5, 0.6) is 0 Å². The molecule has 17 heavy (non-hydrogen) atoms. The van der Waals surface area contributed by atoms with Gasteiger partial charge < -0.3 is 0 Å². The molecule has 2 rings (SSSR count). The fraction of sp³-hybridized carbons (Fsp3) is 0. The molecule has 0 fully saturated rings. The van der Waals surface area contributed by atoms with E-state index in [1.165, 1.54) is 12.3 Å². The van der Waals surface area contributed by atoms with Crippen molar-refractivity contribution in [3.05, 3.63) is 28.2 Å². The van der Waals surface area contributed by atoms with E-state index < -0.39 is 10.0 Å². The van der Waals surface area contributed by atoms with E-state index in [1.54, 1.807) is 0 Å². The lowest BCUT2D eigenvalue weighted by Gasteiger charge is -2.03. The summed E-state index contributed by atoms with van der Waals surface area (Å²) in [5, 5.41) is -0.0486. The molecular weight excluding hydrogens is 307 g/mol. The third-order valence-electron chi connectivity index (χ3n) is 1.59. The molecule has 2 aromatic heterocycles. The van der Waals surface area contributed by atoms with E-state index in [2.05, 4.69) is 19.7 Å². The summed E-state index contributed by atoms with van der Waals surface area (Å²) in [7, 11) is -3.74.